The summed E-state index contributed by atoms with van der Waals surface area (Å²) in [6.07, 6.45) is 3.96. The van der Waals surface area contributed by atoms with E-state index in [1.54, 1.807) is 11.3 Å². The summed E-state index contributed by atoms with van der Waals surface area (Å²) in [5.74, 6) is 0. The highest BCUT2D eigenvalue weighted by Gasteiger charge is 2.24. The Morgan fingerprint density at radius 3 is 2.80 bits per heavy atom. The van der Waals surface area contributed by atoms with Gasteiger partial charge in [0.2, 0.25) is 0 Å². The molecule has 1 aliphatic rings. The molecule has 0 aliphatic carbocycles. The van der Waals surface area contributed by atoms with Gasteiger partial charge in [-0.25, -0.2) is 15.4 Å². The van der Waals surface area contributed by atoms with E-state index in [1.807, 2.05) is 5.51 Å². The van der Waals surface area contributed by atoms with Gasteiger partial charge in [-0.15, -0.1) is 11.3 Å². The van der Waals surface area contributed by atoms with Gasteiger partial charge < -0.3 is 0 Å². The van der Waals surface area contributed by atoms with Crippen LogP contribution in [-0.4, -0.2) is 22.1 Å². The largest absolute Gasteiger partial charge is 0.249 e. The number of thiazole rings is 1. The van der Waals surface area contributed by atoms with Crippen molar-refractivity contribution in [3.05, 3.63) is 16.6 Å². The lowest BCUT2D eigenvalue weighted by Crippen LogP contribution is -2.51. The van der Waals surface area contributed by atoms with E-state index in [0.717, 1.165) is 12.2 Å². The van der Waals surface area contributed by atoms with Gasteiger partial charge in [0.05, 0.1) is 17.7 Å². The average molecular weight is 225 g/mol. The summed E-state index contributed by atoms with van der Waals surface area (Å²) in [7, 11) is 0. The lowest BCUT2D eigenvalue weighted by molar-refractivity contribution is 0.0432. The molecule has 1 fully saturated rings. The van der Waals surface area contributed by atoms with Crippen LogP contribution in [0, 0.1) is 0 Å². The molecule has 0 aromatic carbocycles. The van der Waals surface area contributed by atoms with Crippen LogP contribution in [0.2, 0.25) is 0 Å². The van der Waals surface area contributed by atoms with E-state index in [2.05, 4.69) is 34.6 Å². The van der Waals surface area contributed by atoms with Crippen molar-refractivity contribution in [1.82, 2.24) is 15.4 Å². The molecule has 1 aromatic heterocycles. The molecule has 0 spiro atoms. The van der Waals surface area contributed by atoms with Crippen molar-refractivity contribution in [3.63, 3.8) is 0 Å². The first-order chi connectivity index (χ1) is 7.27. The molecule has 2 atom stereocenters. The number of nitrogens with one attached hydrogen (secondary N) is 1. The van der Waals surface area contributed by atoms with Gasteiger partial charge in [-0.2, -0.15) is 0 Å². The quantitative estimate of drug-likeness (QED) is 0.856. The first-order valence-electron chi connectivity index (χ1n) is 5.66. The number of piperidine rings is 1. The van der Waals surface area contributed by atoms with Crippen molar-refractivity contribution in [1.29, 1.82) is 0 Å². The third-order valence-electron chi connectivity index (χ3n) is 3.12. The molecule has 0 amide bonds. The Labute approximate surface area is 95.5 Å². The molecule has 4 heteroatoms. The Hall–Kier alpha value is -0.450. The highest BCUT2D eigenvalue weighted by molar-refractivity contribution is 7.07. The molecule has 3 nitrogen and oxygen atoms in total. The van der Waals surface area contributed by atoms with Gasteiger partial charge in [0.15, 0.2) is 0 Å². The molecule has 1 aromatic rings. The third kappa shape index (κ3) is 2.77. The predicted octanol–water partition coefficient (Wildman–Crippen LogP) is 2.41. The molecule has 15 heavy (non-hydrogen) atoms. The molecule has 0 bridgehead atoms. The van der Waals surface area contributed by atoms with E-state index in [-0.39, 0.29) is 0 Å². The summed E-state index contributed by atoms with van der Waals surface area (Å²) in [6, 6.07) is 1.29. The average Bonchev–Trinajstić information content (AvgIpc) is 2.70. The van der Waals surface area contributed by atoms with Crippen LogP contribution in [0.25, 0.3) is 0 Å². The lowest BCUT2D eigenvalue weighted by atomic mass is 10.00. The maximum atomic E-state index is 4.28. The fourth-order valence-corrected chi connectivity index (χ4v) is 2.79. The first-order valence-corrected chi connectivity index (χ1v) is 6.60. The number of aromatic nitrogens is 1. The number of hydrogen-bond acceptors (Lipinski definition) is 4. The van der Waals surface area contributed by atoms with Crippen molar-refractivity contribution in [2.75, 3.05) is 0 Å². The fraction of sp³-hybridized carbons (Fsp3) is 0.727. The zero-order valence-corrected chi connectivity index (χ0v) is 10.3. The smallest absolute Gasteiger partial charge is 0.0795 e. The van der Waals surface area contributed by atoms with Crippen LogP contribution >= 0.6 is 11.3 Å². The summed E-state index contributed by atoms with van der Waals surface area (Å²) >= 11 is 1.66. The molecule has 0 saturated carbocycles. The molecule has 0 radical (unpaired) electrons. The van der Waals surface area contributed by atoms with E-state index in [9.17, 15) is 0 Å². The predicted molar refractivity (Wildman–Crippen MR) is 63.6 cm³/mol. The Bertz CT molecular complexity index is 276. The van der Waals surface area contributed by atoms with Gasteiger partial charge in [0.1, 0.15) is 0 Å². The van der Waals surface area contributed by atoms with Gasteiger partial charge >= 0.3 is 0 Å². The molecule has 1 saturated heterocycles. The number of hydrogen-bond donors (Lipinski definition) is 1. The molecule has 1 N–H and O–H groups in total. The second kappa shape index (κ2) is 5.05. The zero-order valence-electron chi connectivity index (χ0n) is 9.44. The second-order valence-electron chi connectivity index (χ2n) is 4.35. The van der Waals surface area contributed by atoms with Crippen molar-refractivity contribution in [2.24, 2.45) is 0 Å². The van der Waals surface area contributed by atoms with Gasteiger partial charge in [-0.05, 0) is 26.7 Å². The standard InChI is InChI=1S/C11H19N3S/c1-9-4-3-5-10(2)14(9)13-6-11-7-15-8-12-11/h7-10,13H,3-6H2,1-2H3. The highest BCUT2D eigenvalue weighted by Crippen LogP contribution is 2.20. The number of hydrazine groups is 1. The molecule has 1 aliphatic heterocycles. The van der Waals surface area contributed by atoms with Gasteiger partial charge in [0.25, 0.3) is 0 Å². The van der Waals surface area contributed by atoms with E-state index < -0.39 is 0 Å². The summed E-state index contributed by atoms with van der Waals surface area (Å²) in [4.78, 5) is 4.28. The van der Waals surface area contributed by atoms with Crippen LogP contribution in [-0.2, 0) is 6.54 Å². The van der Waals surface area contributed by atoms with Crippen LogP contribution in [0.1, 0.15) is 38.8 Å². The van der Waals surface area contributed by atoms with Crippen LogP contribution in [0.15, 0.2) is 10.9 Å². The van der Waals surface area contributed by atoms with Crippen molar-refractivity contribution >= 4 is 11.3 Å². The van der Waals surface area contributed by atoms with Crippen LogP contribution in [0.5, 0.6) is 0 Å². The number of rotatable bonds is 3. The molecule has 2 unspecified atom stereocenters. The number of nitrogens with zero attached hydrogens (tertiary/aromatic N) is 2. The fourth-order valence-electron chi connectivity index (χ4n) is 2.23. The molecular formula is C11H19N3S. The maximum Gasteiger partial charge on any atom is 0.0795 e. The van der Waals surface area contributed by atoms with Gasteiger partial charge in [-0.3, -0.25) is 0 Å². The summed E-state index contributed by atoms with van der Waals surface area (Å²) < 4.78 is 0. The zero-order chi connectivity index (χ0) is 10.7. The highest BCUT2D eigenvalue weighted by atomic mass is 32.1. The SMILES string of the molecule is CC1CCCC(C)N1NCc1cscn1. The molecule has 2 rings (SSSR count). The van der Waals surface area contributed by atoms with Crippen molar-refractivity contribution < 1.29 is 0 Å². The molecule has 84 valence electrons. The van der Waals surface area contributed by atoms with Crippen molar-refractivity contribution in [2.45, 2.75) is 51.7 Å². The van der Waals surface area contributed by atoms with Crippen LogP contribution in [0.3, 0.4) is 0 Å². The first kappa shape index (κ1) is 11.0. The molecular weight excluding hydrogens is 206 g/mol. The van der Waals surface area contributed by atoms with E-state index in [4.69, 9.17) is 0 Å². The topological polar surface area (TPSA) is 28.2 Å². The van der Waals surface area contributed by atoms with Crippen LogP contribution in [0.4, 0.5) is 0 Å². The third-order valence-corrected chi connectivity index (χ3v) is 3.76. The summed E-state index contributed by atoms with van der Waals surface area (Å²) in [6.45, 7) is 5.45. The maximum absolute atomic E-state index is 4.28. The molecule has 2 heterocycles. The Morgan fingerprint density at radius 2 is 2.20 bits per heavy atom. The van der Waals surface area contributed by atoms with E-state index >= 15 is 0 Å². The van der Waals surface area contributed by atoms with Gasteiger partial charge in [0, 0.05) is 17.5 Å². The Balaban J connectivity index is 1.86. The Morgan fingerprint density at radius 1 is 1.47 bits per heavy atom. The summed E-state index contributed by atoms with van der Waals surface area (Å²) in [5.41, 5.74) is 6.53. The lowest BCUT2D eigenvalue weighted by Gasteiger charge is -2.38. The second-order valence-corrected chi connectivity index (χ2v) is 5.07. The monoisotopic (exact) mass is 225 g/mol. The van der Waals surface area contributed by atoms with Crippen LogP contribution < -0.4 is 5.43 Å². The normalized spacial score (nSPS) is 28.1. The minimum absolute atomic E-state index is 0.646. The minimum Gasteiger partial charge on any atom is -0.249 e. The van der Waals surface area contributed by atoms with Gasteiger partial charge in [-0.1, -0.05) is 6.42 Å². The van der Waals surface area contributed by atoms with E-state index in [1.165, 1.54) is 19.3 Å². The summed E-state index contributed by atoms with van der Waals surface area (Å²) in [5, 5.41) is 4.50. The minimum atomic E-state index is 0.646. The van der Waals surface area contributed by atoms with Crippen molar-refractivity contribution in [3.8, 4) is 0 Å². The Kier molecular flexibility index (Phi) is 3.72. The van der Waals surface area contributed by atoms with E-state index in [0.29, 0.717) is 12.1 Å².